The predicted molar refractivity (Wildman–Crippen MR) is 57.0 cm³/mol. The van der Waals surface area contributed by atoms with Crippen molar-refractivity contribution in [2.45, 2.75) is 0 Å². The number of halogens is 1. The average Bonchev–Trinajstić information content (AvgIpc) is 2.77. The maximum Gasteiger partial charge on any atom is 0.322 e. The average molecular weight is 255 g/mol. The molecule has 0 unspecified atom stereocenters. The number of hydrogen-bond acceptors (Lipinski definition) is 6. The summed E-state index contributed by atoms with van der Waals surface area (Å²) in [5.41, 5.74) is 5.17. The molecule has 0 aliphatic carbocycles. The summed E-state index contributed by atoms with van der Waals surface area (Å²) in [4.78, 5) is 22.3. The molecule has 0 saturated heterocycles. The second-order valence-electron chi connectivity index (χ2n) is 2.90. The fourth-order valence-corrected chi connectivity index (χ4v) is 1.23. The van der Waals surface area contributed by atoms with Gasteiger partial charge in [-0.1, -0.05) is 0 Å². The van der Waals surface area contributed by atoms with Gasteiger partial charge in [0, 0.05) is 6.20 Å². The van der Waals surface area contributed by atoms with Gasteiger partial charge in [-0.05, 0) is 17.7 Å². The van der Waals surface area contributed by atoms with E-state index in [1.807, 2.05) is 0 Å². The van der Waals surface area contributed by atoms with E-state index in [0.29, 0.717) is 0 Å². The minimum Gasteiger partial charge on any atom is -0.467 e. The Morgan fingerprint density at radius 1 is 1.47 bits per heavy atom. The van der Waals surface area contributed by atoms with Gasteiger partial charge in [-0.15, -0.1) is 0 Å². The molecular formula is C8H7ClN6O2. The fraction of sp³-hybridized carbons (Fsp3) is 0.125. The number of methoxy groups -OCH3 is 1. The van der Waals surface area contributed by atoms with E-state index >= 15 is 0 Å². The maximum atomic E-state index is 10.9. The van der Waals surface area contributed by atoms with Crippen molar-refractivity contribution in [1.82, 2.24) is 24.7 Å². The Morgan fingerprint density at radius 3 is 2.82 bits per heavy atom. The molecule has 0 fully saturated rings. The molecule has 0 radical (unpaired) electrons. The van der Waals surface area contributed by atoms with Crippen LogP contribution in [-0.2, 0) is 0 Å². The summed E-state index contributed by atoms with van der Waals surface area (Å²) in [6.07, 6.45) is 1.48. The van der Waals surface area contributed by atoms with E-state index in [1.54, 1.807) is 0 Å². The molecule has 1 amide bonds. The quantitative estimate of drug-likeness (QED) is 0.814. The van der Waals surface area contributed by atoms with Crippen LogP contribution in [0.3, 0.4) is 0 Å². The van der Waals surface area contributed by atoms with Gasteiger partial charge in [0.15, 0.2) is 0 Å². The van der Waals surface area contributed by atoms with Gasteiger partial charge >= 0.3 is 6.01 Å². The third kappa shape index (κ3) is 2.31. The van der Waals surface area contributed by atoms with Crippen LogP contribution in [0, 0.1) is 0 Å². The van der Waals surface area contributed by atoms with Crippen LogP contribution in [-0.4, -0.2) is 37.7 Å². The summed E-state index contributed by atoms with van der Waals surface area (Å²) in [5.74, 6) is -0.509. The van der Waals surface area contributed by atoms with Crippen LogP contribution in [0.5, 0.6) is 6.01 Å². The SMILES string of the molecule is COc1nc(Cl)nc(-n2ccc(C(N)=O)n2)n1. The van der Waals surface area contributed by atoms with Crippen LogP contribution in [0.15, 0.2) is 12.3 Å². The second kappa shape index (κ2) is 4.34. The molecular weight excluding hydrogens is 248 g/mol. The Labute approximate surface area is 100 Å². The molecule has 9 heteroatoms. The van der Waals surface area contributed by atoms with Gasteiger partial charge in [-0.25, -0.2) is 4.68 Å². The minimum absolute atomic E-state index is 0.0389. The Balaban J connectivity index is 2.44. The smallest absolute Gasteiger partial charge is 0.322 e. The van der Waals surface area contributed by atoms with Crippen molar-refractivity contribution in [3.63, 3.8) is 0 Å². The summed E-state index contributed by atoms with van der Waals surface area (Å²) in [7, 11) is 1.40. The van der Waals surface area contributed by atoms with Crippen LogP contribution < -0.4 is 10.5 Å². The lowest BCUT2D eigenvalue weighted by atomic mass is 10.4. The number of carbonyl (C=O) groups excluding carboxylic acids is 1. The van der Waals surface area contributed by atoms with Gasteiger partial charge in [-0.2, -0.15) is 20.1 Å². The second-order valence-corrected chi connectivity index (χ2v) is 3.24. The lowest BCUT2D eigenvalue weighted by molar-refractivity contribution is 0.0995. The molecule has 88 valence electrons. The van der Waals surface area contributed by atoms with Gasteiger partial charge in [0.1, 0.15) is 5.69 Å². The van der Waals surface area contributed by atoms with Crippen LogP contribution >= 0.6 is 11.6 Å². The van der Waals surface area contributed by atoms with Crippen molar-refractivity contribution in [3.05, 3.63) is 23.2 Å². The summed E-state index contributed by atoms with van der Waals surface area (Å²) in [5, 5.41) is 3.83. The number of carbonyl (C=O) groups is 1. The zero-order valence-corrected chi connectivity index (χ0v) is 9.42. The highest BCUT2D eigenvalue weighted by atomic mass is 35.5. The number of ether oxygens (including phenoxy) is 1. The van der Waals surface area contributed by atoms with Gasteiger partial charge < -0.3 is 10.5 Å². The summed E-state index contributed by atoms with van der Waals surface area (Å²) >= 11 is 5.67. The van der Waals surface area contributed by atoms with Crippen molar-refractivity contribution in [1.29, 1.82) is 0 Å². The van der Waals surface area contributed by atoms with Gasteiger partial charge in [0.2, 0.25) is 5.28 Å². The number of aromatic nitrogens is 5. The first-order valence-corrected chi connectivity index (χ1v) is 4.79. The Hall–Kier alpha value is -2.22. The van der Waals surface area contributed by atoms with E-state index in [2.05, 4.69) is 20.1 Å². The fourth-order valence-electron chi connectivity index (χ4n) is 1.08. The van der Waals surface area contributed by atoms with Crippen LogP contribution in [0.4, 0.5) is 0 Å². The van der Waals surface area contributed by atoms with Crippen LogP contribution in [0.25, 0.3) is 5.95 Å². The lowest BCUT2D eigenvalue weighted by Crippen LogP contribution is -2.13. The predicted octanol–water partition coefficient (Wildman–Crippen LogP) is -0.182. The van der Waals surface area contributed by atoms with Crippen molar-refractivity contribution >= 4 is 17.5 Å². The topological polar surface area (TPSA) is 109 Å². The van der Waals surface area contributed by atoms with Crippen molar-refractivity contribution < 1.29 is 9.53 Å². The first-order valence-electron chi connectivity index (χ1n) is 4.41. The van der Waals surface area contributed by atoms with Crippen molar-refractivity contribution in [2.24, 2.45) is 5.73 Å². The molecule has 0 aliphatic rings. The van der Waals surface area contributed by atoms with Gasteiger partial charge in [0.25, 0.3) is 11.9 Å². The van der Waals surface area contributed by atoms with E-state index in [4.69, 9.17) is 22.1 Å². The minimum atomic E-state index is -0.643. The zero-order valence-electron chi connectivity index (χ0n) is 8.66. The van der Waals surface area contributed by atoms with E-state index in [9.17, 15) is 4.79 Å². The molecule has 0 atom stereocenters. The molecule has 8 nitrogen and oxygen atoms in total. The van der Waals surface area contributed by atoms with E-state index < -0.39 is 5.91 Å². The van der Waals surface area contributed by atoms with E-state index in [1.165, 1.54) is 24.1 Å². The molecule has 2 rings (SSSR count). The molecule has 0 bridgehead atoms. The first kappa shape index (κ1) is 11.3. The third-order valence-electron chi connectivity index (χ3n) is 1.80. The summed E-state index contributed by atoms with van der Waals surface area (Å²) in [6.45, 7) is 0. The number of amides is 1. The lowest BCUT2D eigenvalue weighted by Gasteiger charge is -2.01. The van der Waals surface area contributed by atoms with E-state index in [0.717, 1.165) is 0 Å². The number of nitrogens with two attached hydrogens (primary N) is 1. The normalized spacial score (nSPS) is 10.2. The van der Waals surface area contributed by atoms with E-state index in [-0.39, 0.29) is 22.9 Å². The molecule has 0 spiro atoms. The number of primary amides is 1. The maximum absolute atomic E-state index is 10.9. The third-order valence-corrected chi connectivity index (χ3v) is 1.97. The molecule has 0 saturated carbocycles. The zero-order chi connectivity index (χ0) is 12.4. The molecule has 17 heavy (non-hydrogen) atoms. The van der Waals surface area contributed by atoms with Crippen LogP contribution in [0.2, 0.25) is 5.28 Å². The Morgan fingerprint density at radius 2 is 2.24 bits per heavy atom. The largest absolute Gasteiger partial charge is 0.467 e. The van der Waals surface area contributed by atoms with Gasteiger partial charge in [0.05, 0.1) is 7.11 Å². The Bertz CT molecular complexity index is 569. The highest BCUT2D eigenvalue weighted by Gasteiger charge is 2.10. The number of hydrogen-bond donors (Lipinski definition) is 1. The molecule has 0 aliphatic heterocycles. The van der Waals surface area contributed by atoms with Gasteiger partial charge in [-0.3, -0.25) is 4.79 Å². The molecule has 2 aromatic rings. The first-order chi connectivity index (χ1) is 8.10. The molecule has 2 aromatic heterocycles. The van der Waals surface area contributed by atoms with Crippen LogP contribution in [0.1, 0.15) is 10.5 Å². The molecule has 0 aromatic carbocycles. The summed E-state index contributed by atoms with van der Waals surface area (Å²) in [6, 6.07) is 1.49. The highest BCUT2D eigenvalue weighted by molar-refractivity contribution is 6.28. The number of rotatable bonds is 3. The van der Waals surface area contributed by atoms with Crippen molar-refractivity contribution in [3.8, 4) is 12.0 Å². The molecule has 2 N–H and O–H groups in total. The highest BCUT2D eigenvalue weighted by Crippen LogP contribution is 2.10. The van der Waals surface area contributed by atoms with Crippen molar-refractivity contribution in [2.75, 3.05) is 7.11 Å². The molecule has 2 heterocycles. The Kier molecular flexibility index (Phi) is 2.88. The number of nitrogens with zero attached hydrogens (tertiary/aromatic N) is 5. The monoisotopic (exact) mass is 254 g/mol. The standard InChI is InChI=1S/C8H7ClN6O2/c1-17-8-12-6(9)11-7(13-8)15-3-2-4(14-15)5(10)16/h2-3H,1H3,(H2,10,16). The summed E-state index contributed by atoms with van der Waals surface area (Å²) < 4.78 is 6.08.